The number of benzene rings is 2. The number of anilines is 1. The van der Waals surface area contributed by atoms with Crippen molar-refractivity contribution in [3.63, 3.8) is 0 Å². The fourth-order valence-corrected chi connectivity index (χ4v) is 6.17. The highest BCUT2D eigenvalue weighted by molar-refractivity contribution is 7.22. The van der Waals surface area contributed by atoms with Crippen LogP contribution in [0, 0.1) is 0 Å². The molecule has 2 aromatic carbocycles. The van der Waals surface area contributed by atoms with Crippen molar-refractivity contribution in [2.75, 3.05) is 18.1 Å². The number of aromatic nitrogens is 1. The zero-order chi connectivity index (χ0) is 23.4. The first-order valence-electron chi connectivity index (χ1n) is 10.3. The average Bonchev–Trinajstić information content (AvgIpc) is 3.57. The number of fused-ring (bicyclic) bond motifs is 2. The smallest absolute Gasteiger partial charge is 0.301 e. The lowest BCUT2D eigenvalue weighted by Crippen LogP contribution is -2.28. The molecule has 0 bridgehead atoms. The van der Waals surface area contributed by atoms with Crippen LogP contribution in [0.1, 0.15) is 16.5 Å². The zero-order valence-corrected chi connectivity index (χ0v) is 19.7. The predicted octanol–water partition coefficient (Wildman–Crippen LogP) is 5.41. The molecule has 170 valence electrons. The maximum absolute atomic E-state index is 13.3. The number of Topliss-reactive ketones (excluding diaryl/α,β-unsaturated/α-hetero) is 1. The van der Waals surface area contributed by atoms with Gasteiger partial charge in [-0.15, -0.1) is 11.3 Å². The molecule has 1 fully saturated rings. The molecule has 0 aliphatic carbocycles. The summed E-state index contributed by atoms with van der Waals surface area (Å²) in [7, 11) is 0. The third kappa shape index (κ3) is 3.35. The summed E-state index contributed by atoms with van der Waals surface area (Å²) in [4.78, 5) is 33.2. The van der Waals surface area contributed by atoms with Gasteiger partial charge in [-0.1, -0.05) is 29.0 Å². The molecule has 2 aliphatic heterocycles. The monoisotopic (exact) mass is 510 g/mol. The largest absolute Gasteiger partial charge is 0.507 e. The van der Waals surface area contributed by atoms with E-state index in [0.717, 1.165) is 9.58 Å². The highest BCUT2D eigenvalue weighted by atomic mass is 35.5. The number of aliphatic hydroxyl groups excluding tert-OH is 1. The Hall–Kier alpha value is -3.40. The molecular formula is C24H15ClN2O5S2. The van der Waals surface area contributed by atoms with Crippen molar-refractivity contribution >= 4 is 67.1 Å². The first-order chi connectivity index (χ1) is 16.5. The predicted molar refractivity (Wildman–Crippen MR) is 131 cm³/mol. The molecule has 7 nitrogen and oxygen atoms in total. The van der Waals surface area contributed by atoms with Crippen molar-refractivity contribution in [1.29, 1.82) is 0 Å². The van der Waals surface area contributed by atoms with Crippen LogP contribution in [-0.4, -0.2) is 35.0 Å². The van der Waals surface area contributed by atoms with Crippen molar-refractivity contribution in [3.05, 3.63) is 74.9 Å². The Morgan fingerprint density at radius 2 is 1.91 bits per heavy atom. The molecule has 1 unspecified atom stereocenters. The number of rotatable bonds is 3. The lowest BCUT2D eigenvalue weighted by molar-refractivity contribution is -0.132. The summed E-state index contributed by atoms with van der Waals surface area (Å²) in [6.45, 7) is 0.827. The van der Waals surface area contributed by atoms with Gasteiger partial charge in [0.15, 0.2) is 16.6 Å². The molecule has 1 N–H and O–H groups in total. The van der Waals surface area contributed by atoms with Crippen LogP contribution in [0.25, 0.3) is 16.0 Å². The van der Waals surface area contributed by atoms with Gasteiger partial charge in [0.05, 0.1) is 15.8 Å². The van der Waals surface area contributed by atoms with Crippen LogP contribution in [0.2, 0.25) is 5.02 Å². The summed E-state index contributed by atoms with van der Waals surface area (Å²) in [5, 5.41) is 14.0. The Bertz CT molecular complexity index is 1490. The van der Waals surface area contributed by atoms with Crippen LogP contribution >= 0.6 is 34.3 Å². The lowest BCUT2D eigenvalue weighted by atomic mass is 9.99. The minimum atomic E-state index is -0.816. The number of aliphatic hydroxyl groups is 1. The maximum atomic E-state index is 13.3. The molecule has 1 atom stereocenters. The number of hydrogen-bond acceptors (Lipinski definition) is 8. The van der Waals surface area contributed by atoms with Crippen molar-refractivity contribution in [2.24, 2.45) is 0 Å². The number of nitrogens with zero attached hydrogens (tertiary/aromatic N) is 2. The first kappa shape index (κ1) is 21.2. The first-order valence-corrected chi connectivity index (χ1v) is 12.4. The zero-order valence-electron chi connectivity index (χ0n) is 17.4. The van der Waals surface area contributed by atoms with Gasteiger partial charge in [0.1, 0.15) is 25.0 Å². The van der Waals surface area contributed by atoms with Crippen LogP contribution < -0.4 is 14.4 Å². The van der Waals surface area contributed by atoms with E-state index >= 15 is 0 Å². The van der Waals surface area contributed by atoms with E-state index in [1.165, 1.54) is 27.6 Å². The molecule has 4 aromatic rings. The highest BCUT2D eigenvalue weighted by Crippen LogP contribution is 2.46. The molecule has 2 aliphatic rings. The molecular weight excluding hydrogens is 496 g/mol. The molecule has 0 spiro atoms. The van der Waals surface area contributed by atoms with Crippen molar-refractivity contribution in [3.8, 4) is 11.5 Å². The molecule has 0 radical (unpaired) electrons. The van der Waals surface area contributed by atoms with Gasteiger partial charge in [-0.05, 0) is 47.8 Å². The van der Waals surface area contributed by atoms with Gasteiger partial charge in [-0.2, -0.15) is 0 Å². The van der Waals surface area contributed by atoms with Gasteiger partial charge in [-0.25, -0.2) is 4.98 Å². The molecule has 6 rings (SSSR count). The Kier molecular flexibility index (Phi) is 5.05. The number of thiophene rings is 1. The Balaban J connectivity index is 1.52. The van der Waals surface area contributed by atoms with Crippen LogP contribution in [0.15, 0.2) is 59.5 Å². The Labute approximate surface area is 206 Å². The number of amides is 1. The minimum absolute atomic E-state index is 0.00131. The van der Waals surface area contributed by atoms with Gasteiger partial charge in [0, 0.05) is 15.5 Å². The Morgan fingerprint density at radius 3 is 2.71 bits per heavy atom. The summed E-state index contributed by atoms with van der Waals surface area (Å²) in [5.74, 6) is -0.766. The maximum Gasteiger partial charge on any atom is 0.301 e. The second kappa shape index (κ2) is 8.12. The van der Waals surface area contributed by atoms with E-state index in [0.29, 0.717) is 45.9 Å². The molecule has 0 saturated carbocycles. The minimum Gasteiger partial charge on any atom is -0.507 e. The number of halogens is 1. The second-order valence-electron chi connectivity index (χ2n) is 7.65. The summed E-state index contributed by atoms with van der Waals surface area (Å²) in [6, 6.07) is 13.0. The lowest BCUT2D eigenvalue weighted by Gasteiger charge is -2.22. The normalized spacial score (nSPS) is 19.2. The summed E-state index contributed by atoms with van der Waals surface area (Å²) >= 11 is 8.77. The van der Waals surface area contributed by atoms with Gasteiger partial charge >= 0.3 is 5.91 Å². The summed E-state index contributed by atoms with van der Waals surface area (Å²) < 4.78 is 12.0. The van der Waals surface area contributed by atoms with Crippen LogP contribution in [-0.2, 0) is 9.59 Å². The number of carbonyl (C=O) groups is 2. The van der Waals surface area contributed by atoms with E-state index in [1.54, 1.807) is 36.4 Å². The van der Waals surface area contributed by atoms with Crippen molar-refractivity contribution < 1.29 is 24.2 Å². The fourth-order valence-electron chi connectivity index (χ4n) is 4.08. The number of carbonyl (C=O) groups excluding carboxylic acids is 2. The van der Waals surface area contributed by atoms with E-state index in [2.05, 4.69) is 4.98 Å². The number of hydrogen-bond donors (Lipinski definition) is 1. The van der Waals surface area contributed by atoms with E-state index in [9.17, 15) is 14.7 Å². The van der Waals surface area contributed by atoms with Crippen LogP contribution in [0.4, 0.5) is 5.13 Å². The molecule has 34 heavy (non-hydrogen) atoms. The van der Waals surface area contributed by atoms with Crippen molar-refractivity contribution in [1.82, 2.24) is 4.98 Å². The fraction of sp³-hybridized carbons (Fsp3) is 0.125. The SMILES string of the molecule is O=C1C(=O)N(c2nc3ccc(Cl)cc3s2)C(c2cccs2)/C1=C(/O)c1ccc2c(c1)OCCO2. The summed E-state index contributed by atoms with van der Waals surface area (Å²) in [5.41, 5.74) is 1.03. The topological polar surface area (TPSA) is 89.0 Å². The highest BCUT2D eigenvalue weighted by Gasteiger charge is 2.48. The standard InChI is InChI=1S/C24H15ClN2O5S2/c25-13-4-5-14-18(11-13)34-24(26-14)27-20(17-2-1-9-33-17)19(22(29)23(27)30)21(28)12-3-6-15-16(10-12)32-8-7-31-15/h1-6,9-11,20,28H,7-8H2/b21-19-. The van der Waals surface area contributed by atoms with E-state index in [4.69, 9.17) is 21.1 Å². The van der Waals surface area contributed by atoms with Gasteiger partial charge < -0.3 is 14.6 Å². The average molecular weight is 511 g/mol. The molecule has 4 heterocycles. The molecule has 1 amide bonds. The van der Waals surface area contributed by atoms with E-state index < -0.39 is 17.7 Å². The molecule has 2 aromatic heterocycles. The van der Waals surface area contributed by atoms with Crippen LogP contribution in [0.5, 0.6) is 11.5 Å². The molecule has 1 saturated heterocycles. The molecule has 10 heteroatoms. The third-order valence-electron chi connectivity index (χ3n) is 5.62. The van der Waals surface area contributed by atoms with E-state index in [-0.39, 0.29) is 11.3 Å². The number of ether oxygens (including phenoxy) is 2. The van der Waals surface area contributed by atoms with Crippen LogP contribution in [0.3, 0.4) is 0 Å². The number of ketones is 1. The van der Waals surface area contributed by atoms with Gasteiger partial charge in [0.2, 0.25) is 0 Å². The van der Waals surface area contributed by atoms with Crippen molar-refractivity contribution in [2.45, 2.75) is 6.04 Å². The second-order valence-corrected chi connectivity index (χ2v) is 10.1. The summed E-state index contributed by atoms with van der Waals surface area (Å²) in [6.07, 6.45) is 0. The van der Waals surface area contributed by atoms with E-state index in [1.807, 2.05) is 17.5 Å². The Morgan fingerprint density at radius 1 is 1.09 bits per heavy atom. The van der Waals surface area contributed by atoms with Gasteiger partial charge in [-0.3, -0.25) is 14.5 Å². The number of thiazole rings is 1. The third-order valence-corrected chi connectivity index (χ3v) is 7.80. The quantitative estimate of drug-likeness (QED) is 0.225. The van der Waals surface area contributed by atoms with Gasteiger partial charge in [0.25, 0.3) is 5.78 Å².